The van der Waals surface area contributed by atoms with Crippen molar-refractivity contribution in [3.05, 3.63) is 114 Å². The van der Waals surface area contributed by atoms with Crippen molar-refractivity contribution in [2.75, 3.05) is 27.4 Å². The molecule has 4 aromatic rings. The standard InChI is InChI=1S/C32H34O6S/c1-32(2,25-10-13-27(36-4)14-11-25)26-12-19-31(24(22-26)23-37-21-20-35-3)38-28-15-17-30(18-16-28)39(33,34)29-8-6-5-7-9-29/h5-19,22H,20-21,23H2,1-4H3. The van der Waals surface area contributed by atoms with Crippen LogP contribution < -0.4 is 9.47 Å². The Kier molecular flexibility index (Phi) is 9.07. The van der Waals surface area contributed by atoms with Crippen LogP contribution in [-0.4, -0.2) is 35.9 Å². The third-order valence-electron chi connectivity index (χ3n) is 6.70. The molecule has 204 valence electrons. The molecule has 0 bridgehead atoms. The minimum absolute atomic E-state index is 0.209. The highest BCUT2D eigenvalue weighted by Gasteiger charge is 2.25. The summed E-state index contributed by atoms with van der Waals surface area (Å²) in [5.74, 6) is 1.98. The lowest BCUT2D eigenvalue weighted by atomic mass is 9.77. The number of ether oxygens (including phenoxy) is 4. The van der Waals surface area contributed by atoms with Crippen molar-refractivity contribution < 1.29 is 27.4 Å². The zero-order chi connectivity index (χ0) is 27.9. The zero-order valence-electron chi connectivity index (χ0n) is 22.7. The highest BCUT2D eigenvalue weighted by atomic mass is 32.2. The van der Waals surface area contributed by atoms with Crippen LogP contribution in [0.3, 0.4) is 0 Å². The number of hydrogen-bond acceptors (Lipinski definition) is 6. The molecule has 0 aromatic heterocycles. The molecule has 4 aromatic carbocycles. The van der Waals surface area contributed by atoms with Crippen molar-refractivity contribution in [2.24, 2.45) is 0 Å². The molecule has 4 rings (SSSR count). The third-order valence-corrected chi connectivity index (χ3v) is 8.48. The lowest BCUT2D eigenvalue weighted by molar-refractivity contribution is 0.0609. The van der Waals surface area contributed by atoms with Gasteiger partial charge in [0.2, 0.25) is 9.84 Å². The molecule has 0 fully saturated rings. The van der Waals surface area contributed by atoms with Gasteiger partial charge in [0.25, 0.3) is 0 Å². The number of benzene rings is 4. The second-order valence-electron chi connectivity index (χ2n) is 9.61. The predicted octanol–water partition coefficient (Wildman–Crippen LogP) is 6.81. The lowest BCUT2D eigenvalue weighted by Crippen LogP contribution is -2.19. The fourth-order valence-electron chi connectivity index (χ4n) is 4.23. The smallest absolute Gasteiger partial charge is 0.206 e. The van der Waals surface area contributed by atoms with Gasteiger partial charge in [-0.05, 0) is 71.8 Å². The summed E-state index contributed by atoms with van der Waals surface area (Å²) in [6, 6.07) is 29.0. The molecular weight excluding hydrogens is 512 g/mol. The molecule has 0 spiro atoms. The topological polar surface area (TPSA) is 71.1 Å². The summed E-state index contributed by atoms with van der Waals surface area (Å²) in [6.07, 6.45) is 0. The summed E-state index contributed by atoms with van der Waals surface area (Å²) in [7, 11) is -0.309. The van der Waals surface area contributed by atoms with E-state index in [1.54, 1.807) is 68.8 Å². The molecule has 39 heavy (non-hydrogen) atoms. The van der Waals surface area contributed by atoms with Gasteiger partial charge in [-0.25, -0.2) is 8.42 Å². The van der Waals surface area contributed by atoms with Crippen LogP contribution in [0.1, 0.15) is 30.5 Å². The average Bonchev–Trinajstić information content (AvgIpc) is 2.96. The lowest BCUT2D eigenvalue weighted by Gasteiger charge is -2.27. The van der Waals surface area contributed by atoms with Gasteiger partial charge in [-0.1, -0.05) is 50.2 Å². The molecule has 0 aliphatic rings. The van der Waals surface area contributed by atoms with Gasteiger partial charge in [-0.3, -0.25) is 0 Å². The summed E-state index contributed by atoms with van der Waals surface area (Å²) < 4.78 is 48.4. The van der Waals surface area contributed by atoms with Crippen LogP contribution in [0.25, 0.3) is 0 Å². The Bertz CT molecular complexity index is 1460. The molecular formula is C32H34O6S. The number of sulfone groups is 1. The molecule has 7 heteroatoms. The fraction of sp³-hybridized carbons (Fsp3) is 0.250. The first-order valence-electron chi connectivity index (χ1n) is 12.7. The van der Waals surface area contributed by atoms with E-state index >= 15 is 0 Å². The molecule has 0 aliphatic heterocycles. The maximum Gasteiger partial charge on any atom is 0.206 e. The van der Waals surface area contributed by atoms with Gasteiger partial charge in [-0.15, -0.1) is 0 Å². The van der Waals surface area contributed by atoms with E-state index in [2.05, 4.69) is 32.0 Å². The van der Waals surface area contributed by atoms with E-state index < -0.39 is 9.84 Å². The summed E-state index contributed by atoms with van der Waals surface area (Å²) >= 11 is 0. The minimum Gasteiger partial charge on any atom is -0.497 e. The first-order valence-corrected chi connectivity index (χ1v) is 14.2. The molecule has 0 saturated heterocycles. The molecule has 0 saturated carbocycles. The second kappa shape index (κ2) is 12.5. The molecule has 0 radical (unpaired) electrons. The van der Waals surface area contributed by atoms with Gasteiger partial charge < -0.3 is 18.9 Å². The highest BCUT2D eigenvalue weighted by molar-refractivity contribution is 7.91. The van der Waals surface area contributed by atoms with E-state index in [-0.39, 0.29) is 15.2 Å². The van der Waals surface area contributed by atoms with E-state index in [1.165, 1.54) is 0 Å². The predicted molar refractivity (Wildman–Crippen MR) is 152 cm³/mol. The minimum atomic E-state index is -3.60. The van der Waals surface area contributed by atoms with Gasteiger partial charge in [0.1, 0.15) is 17.2 Å². The number of hydrogen-bond donors (Lipinski definition) is 0. The van der Waals surface area contributed by atoms with Crippen molar-refractivity contribution in [3.63, 3.8) is 0 Å². The third kappa shape index (κ3) is 6.68. The van der Waals surface area contributed by atoms with Crippen molar-refractivity contribution >= 4 is 9.84 Å². The van der Waals surface area contributed by atoms with Crippen LogP contribution in [0.15, 0.2) is 107 Å². The van der Waals surface area contributed by atoms with E-state index in [4.69, 9.17) is 18.9 Å². The molecule has 0 atom stereocenters. The first-order chi connectivity index (χ1) is 18.8. The van der Waals surface area contributed by atoms with Crippen molar-refractivity contribution in [3.8, 4) is 17.2 Å². The van der Waals surface area contributed by atoms with E-state index in [1.807, 2.05) is 24.3 Å². The zero-order valence-corrected chi connectivity index (χ0v) is 23.5. The maximum atomic E-state index is 12.9. The summed E-state index contributed by atoms with van der Waals surface area (Å²) in [4.78, 5) is 0.463. The van der Waals surface area contributed by atoms with Crippen LogP contribution in [0.5, 0.6) is 17.2 Å². The maximum absolute atomic E-state index is 12.9. The Morgan fingerprint density at radius 2 is 1.31 bits per heavy atom. The Balaban J connectivity index is 1.60. The summed E-state index contributed by atoms with van der Waals surface area (Å²) in [5, 5.41) is 0. The van der Waals surface area contributed by atoms with E-state index in [9.17, 15) is 8.42 Å². The summed E-state index contributed by atoms with van der Waals surface area (Å²) in [5.41, 5.74) is 2.86. The van der Waals surface area contributed by atoms with Crippen molar-refractivity contribution in [1.82, 2.24) is 0 Å². The van der Waals surface area contributed by atoms with Crippen molar-refractivity contribution in [2.45, 2.75) is 35.7 Å². The Morgan fingerprint density at radius 3 is 1.95 bits per heavy atom. The Morgan fingerprint density at radius 1 is 0.692 bits per heavy atom. The highest BCUT2D eigenvalue weighted by Crippen LogP contribution is 2.36. The molecule has 0 amide bonds. The van der Waals surface area contributed by atoms with Crippen LogP contribution in [-0.2, 0) is 31.3 Å². The van der Waals surface area contributed by atoms with Gasteiger partial charge in [-0.2, -0.15) is 0 Å². The van der Waals surface area contributed by atoms with Gasteiger partial charge in [0.05, 0.1) is 36.7 Å². The van der Waals surface area contributed by atoms with E-state index in [0.717, 1.165) is 22.4 Å². The van der Waals surface area contributed by atoms with Gasteiger partial charge in [0.15, 0.2) is 0 Å². The van der Waals surface area contributed by atoms with Crippen LogP contribution >= 0.6 is 0 Å². The fourth-order valence-corrected chi connectivity index (χ4v) is 5.51. The molecule has 0 unspecified atom stereocenters. The molecule has 0 aliphatic carbocycles. The van der Waals surface area contributed by atoms with Gasteiger partial charge in [0, 0.05) is 18.1 Å². The largest absolute Gasteiger partial charge is 0.497 e. The Labute approximate surface area is 231 Å². The van der Waals surface area contributed by atoms with Crippen LogP contribution in [0, 0.1) is 0 Å². The monoisotopic (exact) mass is 546 g/mol. The molecule has 0 N–H and O–H groups in total. The summed E-state index contributed by atoms with van der Waals surface area (Å²) in [6.45, 7) is 5.63. The van der Waals surface area contributed by atoms with Gasteiger partial charge >= 0.3 is 0 Å². The second-order valence-corrected chi connectivity index (χ2v) is 11.6. The normalized spacial score (nSPS) is 11.8. The Hall–Kier alpha value is -3.65. The SMILES string of the molecule is COCCOCc1cc(C(C)(C)c2ccc(OC)cc2)ccc1Oc1ccc(S(=O)(=O)c2ccccc2)cc1. The first kappa shape index (κ1) is 28.4. The van der Waals surface area contributed by atoms with Crippen LogP contribution in [0.2, 0.25) is 0 Å². The van der Waals surface area contributed by atoms with Crippen molar-refractivity contribution in [1.29, 1.82) is 0 Å². The van der Waals surface area contributed by atoms with E-state index in [0.29, 0.717) is 31.3 Å². The number of rotatable bonds is 12. The average molecular weight is 547 g/mol. The van der Waals surface area contributed by atoms with Crippen LogP contribution in [0.4, 0.5) is 0 Å². The molecule has 0 heterocycles. The number of methoxy groups -OCH3 is 2. The quantitative estimate of drug-likeness (QED) is 0.182. The molecule has 6 nitrogen and oxygen atoms in total.